The zero-order chi connectivity index (χ0) is 33.9. The van der Waals surface area contributed by atoms with Crippen LogP contribution in [0.3, 0.4) is 0 Å². The maximum Gasteiger partial charge on any atom is 0.421 e. The summed E-state index contributed by atoms with van der Waals surface area (Å²) in [7, 11) is -0.410. The minimum atomic E-state index is -4.81. The third kappa shape index (κ3) is 7.69. The number of fused-ring (bicyclic) bond motifs is 1. The first-order valence-corrected chi connectivity index (χ1v) is 17.1. The molecule has 5 rings (SSSR count). The summed E-state index contributed by atoms with van der Waals surface area (Å²) in [4.78, 5) is 27.1. The van der Waals surface area contributed by atoms with Gasteiger partial charge in [-0.05, 0) is 74.3 Å². The number of halogens is 3. The second-order valence-corrected chi connectivity index (χ2v) is 13.5. The number of aromatic nitrogens is 3. The number of amides is 1. The quantitative estimate of drug-likeness (QED) is 0.175. The van der Waals surface area contributed by atoms with Crippen LogP contribution in [0.1, 0.15) is 78.1 Å². The summed E-state index contributed by atoms with van der Waals surface area (Å²) >= 11 is 0. The number of carbonyl (C=O) groups is 1. The summed E-state index contributed by atoms with van der Waals surface area (Å²) in [6.45, 7) is 4.10. The average molecular weight is 679 g/mol. The van der Waals surface area contributed by atoms with Crippen LogP contribution in [-0.2, 0) is 32.5 Å². The molecule has 1 saturated carbocycles. The van der Waals surface area contributed by atoms with E-state index in [9.17, 15) is 27.6 Å². The Morgan fingerprint density at radius 3 is 2.38 bits per heavy atom. The number of hydrogen-bond donors (Lipinski definition) is 3. The molecule has 0 spiro atoms. The van der Waals surface area contributed by atoms with E-state index in [4.69, 9.17) is 13.8 Å². The van der Waals surface area contributed by atoms with Gasteiger partial charge in [-0.1, -0.05) is 6.07 Å². The first-order valence-electron chi connectivity index (χ1n) is 15.3. The molecule has 16 heteroatoms. The van der Waals surface area contributed by atoms with Gasteiger partial charge in [-0.15, -0.1) is 0 Å². The summed E-state index contributed by atoms with van der Waals surface area (Å²) in [5.74, 6) is -0.654. The predicted octanol–water partition coefficient (Wildman–Crippen LogP) is 6.76. The summed E-state index contributed by atoms with van der Waals surface area (Å²) in [5, 5.41) is 15.5. The van der Waals surface area contributed by atoms with Crippen molar-refractivity contribution in [3.63, 3.8) is 0 Å². The molecule has 0 bridgehead atoms. The number of methoxy groups -OCH3 is 1. The zero-order valence-electron chi connectivity index (χ0n) is 26.6. The molecule has 1 fully saturated rings. The summed E-state index contributed by atoms with van der Waals surface area (Å²) in [5.41, 5.74) is 1.59. The Morgan fingerprint density at radius 2 is 1.74 bits per heavy atom. The van der Waals surface area contributed by atoms with Gasteiger partial charge in [0.2, 0.25) is 5.95 Å². The Bertz CT molecular complexity index is 1660. The molecule has 254 valence electrons. The fraction of sp³-hybridized carbons (Fsp3) is 0.484. The monoisotopic (exact) mass is 678 g/mol. The molecular formula is C31H38F3N6O6P. The molecule has 3 aromatic rings. The van der Waals surface area contributed by atoms with Gasteiger partial charge in [-0.3, -0.25) is 9.36 Å². The van der Waals surface area contributed by atoms with Crippen molar-refractivity contribution >= 4 is 36.8 Å². The predicted molar refractivity (Wildman–Crippen MR) is 168 cm³/mol. The highest BCUT2D eigenvalue weighted by molar-refractivity contribution is 7.53. The normalized spacial score (nSPS) is 18.3. The maximum atomic E-state index is 14.2. The molecule has 2 aromatic heterocycles. The van der Waals surface area contributed by atoms with Crippen molar-refractivity contribution in [2.75, 3.05) is 38.0 Å². The van der Waals surface area contributed by atoms with E-state index >= 15 is 0 Å². The van der Waals surface area contributed by atoms with Crippen LogP contribution in [0.2, 0.25) is 0 Å². The summed E-state index contributed by atoms with van der Waals surface area (Å²) in [6.07, 6.45) is -0.338. The van der Waals surface area contributed by atoms with Crippen molar-refractivity contribution in [2.45, 2.75) is 70.4 Å². The van der Waals surface area contributed by atoms with Gasteiger partial charge in [0.05, 0.1) is 43.8 Å². The molecule has 3 heterocycles. The van der Waals surface area contributed by atoms with Gasteiger partial charge in [0.1, 0.15) is 11.4 Å². The molecular weight excluding hydrogens is 640 g/mol. The molecule has 1 aliphatic heterocycles. The molecule has 1 aliphatic carbocycles. The lowest BCUT2D eigenvalue weighted by Gasteiger charge is -2.27. The van der Waals surface area contributed by atoms with Gasteiger partial charge in [0.25, 0.3) is 5.91 Å². The molecule has 0 saturated heterocycles. The zero-order valence-corrected chi connectivity index (χ0v) is 27.5. The van der Waals surface area contributed by atoms with Crippen molar-refractivity contribution in [3.05, 3.63) is 58.4 Å². The van der Waals surface area contributed by atoms with E-state index in [1.165, 1.54) is 18.2 Å². The Balaban J connectivity index is 1.46. The molecule has 12 nitrogen and oxygen atoms in total. The van der Waals surface area contributed by atoms with Crippen LogP contribution < -0.4 is 15.4 Å². The van der Waals surface area contributed by atoms with Crippen LogP contribution in [-0.4, -0.2) is 64.3 Å². The first-order chi connectivity index (χ1) is 22.4. The van der Waals surface area contributed by atoms with E-state index in [0.717, 1.165) is 24.0 Å². The largest absolute Gasteiger partial charge is 0.493 e. The maximum absolute atomic E-state index is 14.2. The van der Waals surface area contributed by atoms with Crippen LogP contribution in [0, 0.1) is 0 Å². The number of carbonyl (C=O) groups excluding carboxylic acids is 1. The second-order valence-electron chi connectivity index (χ2n) is 11.4. The minimum absolute atomic E-state index is 0.0666. The molecule has 0 atom stereocenters. The van der Waals surface area contributed by atoms with Crippen molar-refractivity contribution in [1.29, 1.82) is 0 Å². The SMILES string of the molecule is CCOP(=O)(Cc1cnc(Nc2ncc(C(F)(F)F)c(Nc3ccc(C4CCC(O)CC4)c4c3C(=O)N(C)C4)n2)c(OC)c1)OCC. The number of aliphatic hydroxyl groups excluding tert-OH is 1. The Labute approximate surface area is 270 Å². The van der Waals surface area contributed by atoms with Crippen LogP contribution in [0.5, 0.6) is 5.75 Å². The van der Waals surface area contributed by atoms with Gasteiger partial charge in [-0.25, -0.2) is 9.97 Å². The van der Waals surface area contributed by atoms with Gasteiger partial charge >= 0.3 is 13.8 Å². The highest BCUT2D eigenvalue weighted by atomic mass is 31.2. The number of hydrogen-bond acceptors (Lipinski definition) is 11. The molecule has 0 unspecified atom stereocenters. The third-order valence-electron chi connectivity index (χ3n) is 8.18. The Hall–Kier alpha value is -3.78. The van der Waals surface area contributed by atoms with E-state index in [-0.39, 0.29) is 60.5 Å². The van der Waals surface area contributed by atoms with Crippen LogP contribution in [0.4, 0.5) is 36.4 Å². The first kappa shape index (κ1) is 34.6. The molecule has 3 N–H and O–H groups in total. The lowest BCUT2D eigenvalue weighted by Crippen LogP contribution is -2.18. The molecule has 1 aromatic carbocycles. The fourth-order valence-electron chi connectivity index (χ4n) is 6.00. The van der Waals surface area contributed by atoms with Gasteiger partial charge < -0.3 is 34.4 Å². The minimum Gasteiger partial charge on any atom is -0.493 e. The van der Waals surface area contributed by atoms with Gasteiger partial charge in [0, 0.05) is 26.0 Å². The molecule has 47 heavy (non-hydrogen) atoms. The smallest absolute Gasteiger partial charge is 0.421 e. The van der Waals surface area contributed by atoms with Crippen molar-refractivity contribution in [3.8, 4) is 5.75 Å². The van der Waals surface area contributed by atoms with Crippen LogP contribution in [0.15, 0.2) is 30.6 Å². The van der Waals surface area contributed by atoms with E-state index in [1.54, 1.807) is 33.0 Å². The van der Waals surface area contributed by atoms with Crippen molar-refractivity contribution in [1.82, 2.24) is 19.9 Å². The molecule has 1 amide bonds. The number of alkyl halides is 3. The number of rotatable bonds is 12. The van der Waals surface area contributed by atoms with E-state index in [0.29, 0.717) is 36.7 Å². The second kappa shape index (κ2) is 14.1. The third-order valence-corrected chi connectivity index (χ3v) is 10.2. The Morgan fingerprint density at radius 1 is 1.04 bits per heavy atom. The number of nitrogens with one attached hydrogen (secondary N) is 2. The van der Waals surface area contributed by atoms with Crippen molar-refractivity contribution in [2.24, 2.45) is 0 Å². The summed E-state index contributed by atoms with van der Waals surface area (Å²) in [6, 6.07) is 5.01. The highest BCUT2D eigenvalue weighted by Crippen LogP contribution is 2.51. The number of ether oxygens (including phenoxy) is 1. The topological polar surface area (TPSA) is 148 Å². The number of nitrogens with zero attached hydrogens (tertiary/aromatic N) is 4. The number of aliphatic hydroxyl groups is 1. The van der Waals surface area contributed by atoms with E-state index < -0.39 is 25.2 Å². The standard InChI is InChI=1S/C31H38F3N6O6P/c1-5-45-47(43,46-6-2)17-18-13-25(44-4)28(35-14-18)39-30-36-15-23(31(32,33)34)27(38-30)37-24-12-11-21(19-7-9-20(41)10-8-19)22-16-40(3)29(42)26(22)24/h11-15,19-20,41H,5-10,16-17H2,1-4H3,(H2,35,36,37,38,39). The van der Waals surface area contributed by atoms with Gasteiger partial charge in [-0.2, -0.15) is 18.2 Å². The lowest BCUT2D eigenvalue weighted by atomic mass is 9.80. The van der Waals surface area contributed by atoms with Crippen LogP contribution >= 0.6 is 7.60 Å². The van der Waals surface area contributed by atoms with Crippen LogP contribution in [0.25, 0.3) is 0 Å². The molecule has 0 radical (unpaired) electrons. The number of benzene rings is 1. The Kier molecular flexibility index (Phi) is 10.4. The average Bonchev–Trinajstić information content (AvgIpc) is 3.32. The lowest BCUT2D eigenvalue weighted by molar-refractivity contribution is -0.137. The fourth-order valence-corrected chi connectivity index (χ4v) is 7.66. The number of anilines is 4. The highest BCUT2D eigenvalue weighted by Gasteiger charge is 2.37. The van der Waals surface area contributed by atoms with E-state index in [1.807, 2.05) is 6.07 Å². The molecule has 2 aliphatic rings. The van der Waals surface area contributed by atoms with E-state index in [2.05, 4.69) is 25.6 Å². The van der Waals surface area contributed by atoms with Gasteiger partial charge in [0.15, 0.2) is 11.6 Å². The van der Waals surface area contributed by atoms with Crippen molar-refractivity contribution < 1.29 is 41.4 Å². The number of pyridine rings is 1. The summed E-state index contributed by atoms with van der Waals surface area (Å²) < 4.78 is 71.6.